The van der Waals surface area contributed by atoms with Gasteiger partial charge in [0.2, 0.25) is 5.95 Å². The summed E-state index contributed by atoms with van der Waals surface area (Å²) in [5.41, 5.74) is 0.496. The Morgan fingerprint density at radius 3 is 2.48 bits per heavy atom. The van der Waals surface area contributed by atoms with E-state index in [9.17, 15) is 18.7 Å². The lowest BCUT2D eigenvalue weighted by molar-refractivity contribution is -0.138. The van der Waals surface area contributed by atoms with Crippen LogP contribution in [0.2, 0.25) is 0 Å². The molecule has 0 aliphatic carbocycles. The highest BCUT2D eigenvalue weighted by molar-refractivity contribution is 5.77. The zero-order valence-corrected chi connectivity index (χ0v) is 12.4. The topological polar surface area (TPSA) is 127 Å². The predicted molar refractivity (Wildman–Crippen MR) is 78.5 cm³/mol. The fourth-order valence-corrected chi connectivity index (χ4v) is 1.89. The van der Waals surface area contributed by atoms with E-state index >= 15 is 0 Å². The van der Waals surface area contributed by atoms with Crippen molar-refractivity contribution >= 4 is 11.9 Å². The molecule has 0 radical (unpaired) electrons. The molecular formula is C14H10F2N6O3. The zero-order chi connectivity index (χ0) is 17.8. The molecule has 0 amide bonds. The van der Waals surface area contributed by atoms with Crippen LogP contribution in [0.15, 0.2) is 41.2 Å². The van der Waals surface area contributed by atoms with Crippen LogP contribution < -0.4 is 5.32 Å². The number of halogens is 2. The number of carboxylic acid groups (broad SMARTS) is 1. The molecule has 0 fully saturated rings. The standard InChI is InChI=1S/C14H10F2N6O3/c15-10(16)12-22-21-11(25-12)7-5-18-14(19-6-7)20-9(13(23)24)8-3-1-2-4-17-8/h1-6,9-10H,(H,23,24)(H,18,19,20). The first-order valence-electron chi connectivity index (χ1n) is 6.89. The molecule has 0 aliphatic heterocycles. The maximum absolute atomic E-state index is 12.4. The second kappa shape index (κ2) is 6.95. The molecule has 0 aromatic carbocycles. The van der Waals surface area contributed by atoms with Crippen LogP contribution in [0.3, 0.4) is 0 Å². The fourth-order valence-electron chi connectivity index (χ4n) is 1.89. The van der Waals surface area contributed by atoms with Gasteiger partial charge in [0.25, 0.3) is 11.8 Å². The van der Waals surface area contributed by atoms with Crippen molar-refractivity contribution < 1.29 is 23.1 Å². The highest BCUT2D eigenvalue weighted by atomic mass is 19.3. The number of nitrogens with zero attached hydrogens (tertiary/aromatic N) is 5. The van der Waals surface area contributed by atoms with E-state index in [1.807, 2.05) is 0 Å². The van der Waals surface area contributed by atoms with Gasteiger partial charge in [-0.15, -0.1) is 10.2 Å². The number of rotatable bonds is 6. The number of anilines is 1. The number of nitrogens with one attached hydrogen (secondary N) is 1. The molecule has 128 valence electrons. The smallest absolute Gasteiger partial charge is 0.332 e. The van der Waals surface area contributed by atoms with Crippen LogP contribution in [-0.4, -0.2) is 36.2 Å². The van der Waals surface area contributed by atoms with Gasteiger partial charge in [-0.1, -0.05) is 6.07 Å². The van der Waals surface area contributed by atoms with Gasteiger partial charge in [-0.3, -0.25) is 4.98 Å². The summed E-state index contributed by atoms with van der Waals surface area (Å²) in [4.78, 5) is 23.2. The summed E-state index contributed by atoms with van der Waals surface area (Å²) in [6, 6.07) is 3.71. The van der Waals surface area contributed by atoms with Crippen LogP contribution >= 0.6 is 0 Å². The lowest BCUT2D eigenvalue weighted by Crippen LogP contribution is -2.22. The number of aromatic nitrogens is 5. The van der Waals surface area contributed by atoms with E-state index in [0.717, 1.165) is 0 Å². The average molecular weight is 348 g/mol. The minimum atomic E-state index is -2.88. The Morgan fingerprint density at radius 2 is 1.92 bits per heavy atom. The molecule has 3 rings (SSSR count). The van der Waals surface area contributed by atoms with Gasteiger partial charge in [-0.05, 0) is 12.1 Å². The van der Waals surface area contributed by atoms with Crippen molar-refractivity contribution in [3.63, 3.8) is 0 Å². The first-order valence-corrected chi connectivity index (χ1v) is 6.89. The Bertz CT molecular complexity index is 857. The number of hydrogen-bond acceptors (Lipinski definition) is 8. The molecule has 0 spiro atoms. The molecule has 0 saturated carbocycles. The second-order valence-electron chi connectivity index (χ2n) is 4.71. The molecule has 0 aliphatic rings. The van der Waals surface area contributed by atoms with Gasteiger partial charge in [-0.25, -0.2) is 14.8 Å². The minimum Gasteiger partial charge on any atom is -0.479 e. The quantitative estimate of drug-likeness (QED) is 0.688. The first kappa shape index (κ1) is 16.4. The van der Waals surface area contributed by atoms with Crippen molar-refractivity contribution in [1.29, 1.82) is 0 Å². The van der Waals surface area contributed by atoms with E-state index in [1.165, 1.54) is 18.6 Å². The minimum absolute atomic E-state index is 0.00963. The van der Waals surface area contributed by atoms with Gasteiger partial charge in [0, 0.05) is 18.6 Å². The Balaban J connectivity index is 1.78. The number of hydrogen-bond donors (Lipinski definition) is 2. The monoisotopic (exact) mass is 348 g/mol. The van der Waals surface area contributed by atoms with Crippen molar-refractivity contribution in [2.75, 3.05) is 5.32 Å². The van der Waals surface area contributed by atoms with E-state index in [-0.39, 0.29) is 23.1 Å². The van der Waals surface area contributed by atoms with E-state index in [0.29, 0.717) is 0 Å². The lowest BCUT2D eigenvalue weighted by Gasteiger charge is -2.13. The number of aliphatic carboxylic acids is 1. The van der Waals surface area contributed by atoms with Crippen LogP contribution in [0.5, 0.6) is 0 Å². The largest absolute Gasteiger partial charge is 0.479 e. The van der Waals surface area contributed by atoms with Gasteiger partial charge in [0.05, 0.1) is 11.3 Å². The Kier molecular flexibility index (Phi) is 4.55. The molecule has 1 atom stereocenters. The molecule has 25 heavy (non-hydrogen) atoms. The van der Waals surface area contributed by atoms with Crippen molar-refractivity contribution in [2.45, 2.75) is 12.5 Å². The number of carbonyl (C=O) groups is 1. The summed E-state index contributed by atoms with van der Waals surface area (Å²) in [6.07, 6.45) is 1.08. The van der Waals surface area contributed by atoms with Crippen LogP contribution in [0, 0.1) is 0 Å². The van der Waals surface area contributed by atoms with Gasteiger partial charge in [0.15, 0.2) is 6.04 Å². The van der Waals surface area contributed by atoms with E-state index in [1.54, 1.807) is 18.2 Å². The van der Waals surface area contributed by atoms with E-state index < -0.39 is 24.3 Å². The summed E-state index contributed by atoms with van der Waals surface area (Å²) in [6.45, 7) is 0. The molecule has 3 heterocycles. The second-order valence-corrected chi connectivity index (χ2v) is 4.71. The van der Waals surface area contributed by atoms with Crippen molar-refractivity contribution in [2.24, 2.45) is 0 Å². The number of alkyl halides is 2. The van der Waals surface area contributed by atoms with Crippen LogP contribution in [-0.2, 0) is 4.79 Å². The average Bonchev–Trinajstić information content (AvgIpc) is 3.11. The SMILES string of the molecule is O=C(O)C(Nc1ncc(-c2nnc(C(F)F)o2)cn1)c1ccccn1. The number of carboxylic acids is 1. The van der Waals surface area contributed by atoms with Crippen molar-refractivity contribution in [3.8, 4) is 11.5 Å². The summed E-state index contributed by atoms with van der Waals surface area (Å²) in [5, 5.41) is 18.6. The van der Waals surface area contributed by atoms with Gasteiger partial charge in [-0.2, -0.15) is 8.78 Å². The number of pyridine rings is 1. The molecule has 0 saturated heterocycles. The summed E-state index contributed by atoms with van der Waals surface area (Å²) >= 11 is 0. The molecule has 1 unspecified atom stereocenters. The maximum Gasteiger partial charge on any atom is 0.332 e. The third kappa shape index (κ3) is 3.71. The highest BCUT2D eigenvalue weighted by Gasteiger charge is 2.22. The first-order chi connectivity index (χ1) is 12.0. The van der Waals surface area contributed by atoms with Crippen LogP contribution in [0.25, 0.3) is 11.5 Å². The maximum atomic E-state index is 12.4. The third-order valence-corrected chi connectivity index (χ3v) is 3.03. The van der Waals surface area contributed by atoms with Gasteiger partial charge < -0.3 is 14.8 Å². The Morgan fingerprint density at radius 1 is 1.16 bits per heavy atom. The summed E-state index contributed by atoms with van der Waals surface area (Å²) in [7, 11) is 0. The van der Waals surface area contributed by atoms with Crippen LogP contribution in [0.1, 0.15) is 24.1 Å². The highest BCUT2D eigenvalue weighted by Crippen LogP contribution is 2.23. The molecule has 3 aromatic rings. The zero-order valence-electron chi connectivity index (χ0n) is 12.4. The van der Waals surface area contributed by atoms with E-state index in [4.69, 9.17) is 4.42 Å². The van der Waals surface area contributed by atoms with Gasteiger partial charge in [0.1, 0.15) is 0 Å². The normalized spacial score (nSPS) is 12.1. The predicted octanol–water partition coefficient (Wildman–Crippen LogP) is 2.10. The van der Waals surface area contributed by atoms with Crippen molar-refractivity contribution in [3.05, 3.63) is 48.4 Å². The molecule has 11 heteroatoms. The van der Waals surface area contributed by atoms with E-state index in [2.05, 4.69) is 30.5 Å². The fraction of sp³-hybridized carbons (Fsp3) is 0.143. The molecule has 3 aromatic heterocycles. The Hall–Kier alpha value is -3.50. The Labute approximate surface area is 138 Å². The molecule has 2 N–H and O–H groups in total. The third-order valence-electron chi connectivity index (χ3n) is 3.03. The molecule has 0 bridgehead atoms. The van der Waals surface area contributed by atoms with Gasteiger partial charge >= 0.3 is 12.4 Å². The molecule has 9 nitrogen and oxygen atoms in total. The lowest BCUT2D eigenvalue weighted by atomic mass is 10.2. The summed E-state index contributed by atoms with van der Waals surface area (Å²) in [5.74, 6) is -2.13. The van der Waals surface area contributed by atoms with Crippen LogP contribution in [0.4, 0.5) is 14.7 Å². The summed E-state index contributed by atoms with van der Waals surface area (Å²) < 4.78 is 29.7. The van der Waals surface area contributed by atoms with Crippen molar-refractivity contribution in [1.82, 2.24) is 25.1 Å². The molecular weight excluding hydrogens is 338 g/mol.